The summed E-state index contributed by atoms with van der Waals surface area (Å²) >= 11 is 1.68. The molecule has 1 atom stereocenters. The molecule has 86 valence electrons. The lowest BCUT2D eigenvalue weighted by molar-refractivity contribution is -0.145. The first-order valence-electron chi connectivity index (χ1n) is 5.13. The van der Waals surface area contributed by atoms with Crippen molar-refractivity contribution in [3.05, 3.63) is 0 Å². The number of nitrogens with zero attached hydrogens (tertiary/aromatic N) is 1. The van der Waals surface area contributed by atoms with Crippen LogP contribution in [0.5, 0.6) is 0 Å². The second-order valence-electron chi connectivity index (χ2n) is 4.04. The summed E-state index contributed by atoms with van der Waals surface area (Å²) in [5.41, 5.74) is 0. The summed E-state index contributed by atoms with van der Waals surface area (Å²) in [7, 11) is 0. The lowest BCUT2D eigenvalue weighted by atomic mass is 10.0. The minimum absolute atomic E-state index is 0.0468. The molecule has 2 amide bonds. The molecule has 0 bridgehead atoms. The zero-order chi connectivity index (χ0) is 11.4. The van der Waals surface area contributed by atoms with Crippen LogP contribution in [-0.4, -0.2) is 47.9 Å². The second kappa shape index (κ2) is 5.39. The van der Waals surface area contributed by atoms with Gasteiger partial charge in [0.05, 0.1) is 6.54 Å². The van der Waals surface area contributed by atoms with Crippen molar-refractivity contribution in [2.75, 3.05) is 25.1 Å². The number of nitrogens with one attached hydrogen (secondary N) is 1. The minimum atomic E-state index is -0.340. The number of piperazine rings is 1. The molecule has 1 N–H and O–H groups in total. The second-order valence-corrected chi connectivity index (χ2v) is 5.03. The molecule has 1 saturated heterocycles. The van der Waals surface area contributed by atoms with Gasteiger partial charge in [0.25, 0.3) is 0 Å². The van der Waals surface area contributed by atoms with Crippen molar-refractivity contribution in [3.8, 4) is 0 Å². The van der Waals surface area contributed by atoms with E-state index in [9.17, 15) is 9.59 Å². The normalized spacial score (nSPS) is 22.1. The number of rotatable bonds is 4. The van der Waals surface area contributed by atoms with E-state index < -0.39 is 0 Å². The molecule has 15 heavy (non-hydrogen) atoms. The van der Waals surface area contributed by atoms with Crippen molar-refractivity contribution in [1.82, 2.24) is 10.2 Å². The highest BCUT2D eigenvalue weighted by Gasteiger charge is 2.33. The third-order valence-corrected chi connectivity index (χ3v) is 3.05. The van der Waals surface area contributed by atoms with Gasteiger partial charge in [0.15, 0.2) is 0 Å². The summed E-state index contributed by atoms with van der Waals surface area (Å²) in [5, 5.41) is 2.74. The van der Waals surface area contributed by atoms with Crippen LogP contribution in [0.2, 0.25) is 0 Å². The van der Waals surface area contributed by atoms with Gasteiger partial charge in [-0.1, -0.05) is 13.8 Å². The Morgan fingerprint density at radius 2 is 2.20 bits per heavy atom. The van der Waals surface area contributed by atoms with Crippen molar-refractivity contribution in [2.24, 2.45) is 5.92 Å². The molecule has 0 spiro atoms. The van der Waals surface area contributed by atoms with E-state index in [4.69, 9.17) is 0 Å². The van der Waals surface area contributed by atoms with Gasteiger partial charge in [-0.3, -0.25) is 9.59 Å². The molecule has 0 saturated carbocycles. The molecule has 5 heteroatoms. The van der Waals surface area contributed by atoms with E-state index in [1.54, 1.807) is 16.7 Å². The number of carbonyl (C=O) groups is 2. The van der Waals surface area contributed by atoms with Gasteiger partial charge in [0, 0.05) is 12.3 Å². The highest BCUT2D eigenvalue weighted by molar-refractivity contribution is 7.98. The fraction of sp³-hybridized carbons (Fsp3) is 0.800. The maximum absolute atomic E-state index is 11.9. The number of carbonyl (C=O) groups excluding carboxylic acids is 2. The topological polar surface area (TPSA) is 49.4 Å². The van der Waals surface area contributed by atoms with Gasteiger partial charge in [0.2, 0.25) is 11.8 Å². The third-order valence-electron chi connectivity index (χ3n) is 2.46. The largest absolute Gasteiger partial charge is 0.343 e. The molecule has 0 aliphatic carbocycles. The van der Waals surface area contributed by atoms with E-state index in [2.05, 4.69) is 5.32 Å². The molecular weight excluding hydrogens is 212 g/mol. The average molecular weight is 230 g/mol. The van der Waals surface area contributed by atoms with E-state index in [1.807, 2.05) is 20.1 Å². The van der Waals surface area contributed by atoms with Gasteiger partial charge < -0.3 is 10.2 Å². The predicted octanol–water partition coefficient (Wildman–Crippen LogP) is 0.332. The zero-order valence-corrected chi connectivity index (χ0v) is 10.3. The monoisotopic (exact) mass is 230 g/mol. The van der Waals surface area contributed by atoms with E-state index in [0.29, 0.717) is 6.54 Å². The molecule has 1 aliphatic rings. The fourth-order valence-corrected chi connectivity index (χ4v) is 1.97. The van der Waals surface area contributed by atoms with Gasteiger partial charge >= 0.3 is 0 Å². The molecule has 4 nitrogen and oxygen atoms in total. The van der Waals surface area contributed by atoms with E-state index in [1.165, 1.54) is 0 Å². The van der Waals surface area contributed by atoms with Crippen molar-refractivity contribution in [2.45, 2.75) is 19.9 Å². The Bertz CT molecular complexity index is 256. The lowest BCUT2D eigenvalue weighted by Gasteiger charge is -2.34. The SMILES string of the molecule is CSCCN1CC(=O)NC(C(C)C)C1=O. The number of hydrogen-bond acceptors (Lipinski definition) is 3. The molecule has 0 radical (unpaired) electrons. The van der Waals surface area contributed by atoms with Crippen LogP contribution in [0.1, 0.15) is 13.8 Å². The summed E-state index contributed by atoms with van der Waals surface area (Å²) in [6.45, 7) is 4.76. The van der Waals surface area contributed by atoms with Crippen molar-refractivity contribution in [3.63, 3.8) is 0 Å². The third kappa shape index (κ3) is 3.12. The number of thioether (sulfide) groups is 1. The Morgan fingerprint density at radius 1 is 1.53 bits per heavy atom. The van der Waals surface area contributed by atoms with Crippen LogP contribution in [0.15, 0.2) is 0 Å². The quantitative estimate of drug-likeness (QED) is 0.757. The van der Waals surface area contributed by atoms with Crippen LogP contribution in [0, 0.1) is 5.92 Å². The molecule has 1 rings (SSSR count). The van der Waals surface area contributed by atoms with Crippen molar-refractivity contribution < 1.29 is 9.59 Å². The first-order chi connectivity index (χ1) is 7.06. The standard InChI is InChI=1S/C10H18N2O2S/c1-7(2)9-10(14)12(4-5-15-3)6-8(13)11-9/h7,9H,4-6H2,1-3H3,(H,11,13). The average Bonchev–Trinajstić information content (AvgIpc) is 2.18. The smallest absolute Gasteiger partial charge is 0.245 e. The highest BCUT2D eigenvalue weighted by Crippen LogP contribution is 2.11. The molecule has 1 heterocycles. The first kappa shape index (κ1) is 12.4. The van der Waals surface area contributed by atoms with Gasteiger partial charge in [-0.15, -0.1) is 0 Å². The maximum Gasteiger partial charge on any atom is 0.245 e. The Balaban J connectivity index is 2.63. The van der Waals surface area contributed by atoms with Gasteiger partial charge in [0.1, 0.15) is 6.04 Å². The van der Waals surface area contributed by atoms with Crippen molar-refractivity contribution in [1.29, 1.82) is 0 Å². The zero-order valence-electron chi connectivity index (χ0n) is 9.45. The van der Waals surface area contributed by atoms with E-state index in [-0.39, 0.29) is 30.3 Å². The highest BCUT2D eigenvalue weighted by atomic mass is 32.2. The van der Waals surface area contributed by atoms with E-state index >= 15 is 0 Å². The molecule has 1 aliphatic heterocycles. The van der Waals surface area contributed by atoms with Crippen LogP contribution in [-0.2, 0) is 9.59 Å². The fourth-order valence-electron chi connectivity index (χ4n) is 1.57. The number of hydrogen-bond donors (Lipinski definition) is 1. The van der Waals surface area contributed by atoms with Gasteiger partial charge in [-0.25, -0.2) is 0 Å². The van der Waals surface area contributed by atoms with Gasteiger partial charge in [-0.05, 0) is 12.2 Å². The van der Waals surface area contributed by atoms with Gasteiger partial charge in [-0.2, -0.15) is 11.8 Å². The Kier molecular flexibility index (Phi) is 4.45. The Hall–Kier alpha value is -0.710. The number of amides is 2. The summed E-state index contributed by atoms with van der Waals surface area (Å²) < 4.78 is 0. The Labute approximate surface area is 94.8 Å². The molecule has 0 aromatic heterocycles. The van der Waals surface area contributed by atoms with Crippen LogP contribution >= 0.6 is 11.8 Å². The van der Waals surface area contributed by atoms with Crippen molar-refractivity contribution >= 4 is 23.6 Å². The summed E-state index contributed by atoms with van der Waals surface area (Å²) in [5.74, 6) is 1.04. The summed E-state index contributed by atoms with van der Waals surface area (Å²) in [6.07, 6.45) is 1.99. The van der Waals surface area contributed by atoms with Crippen LogP contribution < -0.4 is 5.32 Å². The van der Waals surface area contributed by atoms with Crippen LogP contribution in [0.3, 0.4) is 0 Å². The molecular formula is C10H18N2O2S. The maximum atomic E-state index is 11.9. The van der Waals surface area contributed by atoms with E-state index in [0.717, 1.165) is 5.75 Å². The first-order valence-corrected chi connectivity index (χ1v) is 6.52. The lowest BCUT2D eigenvalue weighted by Crippen LogP contribution is -2.60. The molecule has 0 aromatic rings. The predicted molar refractivity (Wildman–Crippen MR) is 61.7 cm³/mol. The molecule has 0 aromatic carbocycles. The summed E-state index contributed by atoms with van der Waals surface area (Å²) in [4.78, 5) is 25.0. The summed E-state index contributed by atoms with van der Waals surface area (Å²) in [6, 6.07) is -0.340. The molecule has 1 unspecified atom stereocenters. The Morgan fingerprint density at radius 3 is 2.73 bits per heavy atom. The minimum Gasteiger partial charge on any atom is -0.343 e. The van der Waals surface area contributed by atoms with Crippen LogP contribution in [0.4, 0.5) is 0 Å². The molecule has 1 fully saturated rings. The van der Waals surface area contributed by atoms with Crippen LogP contribution in [0.25, 0.3) is 0 Å².